The summed E-state index contributed by atoms with van der Waals surface area (Å²) in [5, 5.41) is 3.30. The van der Waals surface area contributed by atoms with Crippen LogP contribution in [-0.4, -0.2) is 25.7 Å². The maximum atomic E-state index is 11.8. The van der Waals surface area contributed by atoms with Crippen LogP contribution in [-0.2, 0) is 16.1 Å². The van der Waals surface area contributed by atoms with Crippen LogP contribution in [0.2, 0.25) is 0 Å². The van der Waals surface area contributed by atoms with Crippen LogP contribution in [0.15, 0.2) is 18.2 Å². The molecule has 2 aliphatic rings. The molecule has 0 saturated heterocycles. The van der Waals surface area contributed by atoms with Crippen molar-refractivity contribution in [2.45, 2.75) is 24.4 Å². The zero-order chi connectivity index (χ0) is 12.0. The van der Waals surface area contributed by atoms with Crippen molar-refractivity contribution < 1.29 is 14.3 Å². The Balaban J connectivity index is 2.00. The number of esters is 1. The van der Waals surface area contributed by atoms with Gasteiger partial charge in [-0.15, -0.1) is 0 Å². The SMILES string of the molecule is COC(=O)[C@]12C[C@H]1c1cccc(OC)c1CN2. The van der Waals surface area contributed by atoms with Crippen LogP contribution in [0.4, 0.5) is 0 Å². The van der Waals surface area contributed by atoms with Crippen LogP contribution < -0.4 is 10.1 Å². The van der Waals surface area contributed by atoms with Crippen molar-refractivity contribution >= 4 is 5.97 Å². The molecule has 0 spiro atoms. The van der Waals surface area contributed by atoms with E-state index in [0.717, 1.165) is 17.7 Å². The highest BCUT2D eigenvalue weighted by Gasteiger charge is 2.63. The summed E-state index contributed by atoms with van der Waals surface area (Å²) in [5.74, 6) is 0.963. The largest absolute Gasteiger partial charge is 0.496 e. The molecule has 1 aliphatic carbocycles. The van der Waals surface area contributed by atoms with E-state index in [9.17, 15) is 4.79 Å². The number of rotatable bonds is 2. The standard InChI is InChI=1S/C13H15NO3/c1-16-11-5-3-4-8-9(11)7-14-13(6-10(8)13)12(15)17-2/h3-5,10,14H,6-7H2,1-2H3/t10-,13-/m0/s1. The molecule has 1 N–H and O–H groups in total. The van der Waals surface area contributed by atoms with Crippen LogP contribution >= 0.6 is 0 Å². The number of carbonyl (C=O) groups excluding carboxylic acids is 1. The van der Waals surface area contributed by atoms with Gasteiger partial charge in [-0.05, 0) is 18.1 Å². The fourth-order valence-corrected chi connectivity index (χ4v) is 2.85. The fourth-order valence-electron chi connectivity index (χ4n) is 2.85. The molecule has 1 heterocycles. The molecule has 4 heteroatoms. The average molecular weight is 233 g/mol. The lowest BCUT2D eigenvalue weighted by Crippen LogP contribution is -2.43. The lowest BCUT2D eigenvalue weighted by molar-refractivity contribution is -0.144. The van der Waals surface area contributed by atoms with E-state index in [1.54, 1.807) is 7.11 Å². The van der Waals surface area contributed by atoms with Crippen molar-refractivity contribution in [1.82, 2.24) is 5.32 Å². The first-order valence-corrected chi connectivity index (χ1v) is 5.72. The van der Waals surface area contributed by atoms with Gasteiger partial charge in [0, 0.05) is 18.0 Å². The minimum atomic E-state index is -0.478. The zero-order valence-electron chi connectivity index (χ0n) is 9.95. The Morgan fingerprint density at radius 1 is 1.47 bits per heavy atom. The number of fused-ring (bicyclic) bond motifs is 3. The molecule has 17 heavy (non-hydrogen) atoms. The predicted molar refractivity (Wildman–Crippen MR) is 61.9 cm³/mol. The molecule has 2 atom stereocenters. The average Bonchev–Trinajstić information content (AvgIpc) is 3.13. The van der Waals surface area contributed by atoms with Gasteiger partial charge in [0.25, 0.3) is 0 Å². The molecular formula is C13H15NO3. The Morgan fingerprint density at radius 3 is 3.00 bits per heavy atom. The molecule has 90 valence electrons. The van der Waals surface area contributed by atoms with Gasteiger partial charge in [0.05, 0.1) is 14.2 Å². The number of hydrogen-bond acceptors (Lipinski definition) is 4. The van der Waals surface area contributed by atoms with Crippen molar-refractivity contribution in [2.75, 3.05) is 14.2 Å². The Kier molecular flexibility index (Phi) is 2.16. The van der Waals surface area contributed by atoms with E-state index >= 15 is 0 Å². The van der Waals surface area contributed by atoms with Gasteiger partial charge in [-0.2, -0.15) is 0 Å². The van der Waals surface area contributed by atoms with E-state index in [0.29, 0.717) is 6.54 Å². The Bertz CT molecular complexity index is 486. The minimum Gasteiger partial charge on any atom is -0.496 e. The first-order valence-electron chi connectivity index (χ1n) is 5.72. The second-order valence-corrected chi connectivity index (χ2v) is 4.60. The van der Waals surface area contributed by atoms with E-state index in [1.165, 1.54) is 12.7 Å². The molecule has 3 rings (SSSR count). The molecular weight excluding hydrogens is 218 g/mol. The summed E-state index contributed by atoms with van der Waals surface area (Å²) in [5.41, 5.74) is 1.90. The topological polar surface area (TPSA) is 47.6 Å². The molecule has 0 radical (unpaired) electrons. The number of nitrogens with one attached hydrogen (secondary N) is 1. The zero-order valence-corrected chi connectivity index (χ0v) is 9.95. The maximum Gasteiger partial charge on any atom is 0.326 e. The van der Waals surface area contributed by atoms with Crippen LogP contribution in [0.3, 0.4) is 0 Å². The van der Waals surface area contributed by atoms with Crippen molar-refractivity contribution in [3.63, 3.8) is 0 Å². The van der Waals surface area contributed by atoms with Crippen molar-refractivity contribution in [1.29, 1.82) is 0 Å². The van der Waals surface area contributed by atoms with Crippen LogP contribution in [0.25, 0.3) is 0 Å². The molecule has 0 aromatic heterocycles. The highest BCUT2D eigenvalue weighted by molar-refractivity contribution is 5.87. The van der Waals surface area contributed by atoms with Gasteiger partial charge in [-0.1, -0.05) is 12.1 Å². The third kappa shape index (κ3) is 1.30. The summed E-state index contributed by atoms with van der Waals surface area (Å²) in [4.78, 5) is 11.8. The predicted octanol–water partition coefficient (Wildman–Crippen LogP) is 1.20. The molecule has 4 nitrogen and oxygen atoms in total. The van der Waals surface area contributed by atoms with Gasteiger partial charge in [0.2, 0.25) is 0 Å². The highest BCUT2D eigenvalue weighted by Crippen LogP contribution is 2.56. The van der Waals surface area contributed by atoms with E-state index in [-0.39, 0.29) is 11.9 Å². The summed E-state index contributed by atoms with van der Waals surface area (Å²) in [7, 11) is 3.11. The molecule has 1 saturated carbocycles. The molecule has 1 aromatic rings. The number of benzene rings is 1. The summed E-state index contributed by atoms with van der Waals surface area (Å²) < 4.78 is 10.2. The Morgan fingerprint density at radius 2 is 2.29 bits per heavy atom. The summed E-state index contributed by atoms with van der Waals surface area (Å²) in [6.07, 6.45) is 0.819. The van der Waals surface area contributed by atoms with Gasteiger partial charge < -0.3 is 9.47 Å². The number of methoxy groups -OCH3 is 2. The summed E-state index contributed by atoms with van der Waals surface area (Å²) in [6, 6.07) is 6.01. The lowest BCUT2D eigenvalue weighted by Gasteiger charge is -2.25. The third-order valence-corrected chi connectivity index (χ3v) is 3.86. The second kappa shape index (κ2) is 3.47. The first-order chi connectivity index (χ1) is 8.23. The molecule has 1 aliphatic heterocycles. The molecule has 0 unspecified atom stereocenters. The minimum absolute atomic E-state index is 0.157. The van der Waals surface area contributed by atoms with Crippen LogP contribution in [0.5, 0.6) is 5.75 Å². The molecule has 0 amide bonds. The second-order valence-electron chi connectivity index (χ2n) is 4.60. The number of ether oxygens (including phenoxy) is 2. The van der Waals surface area contributed by atoms with Crippen LogP contribution in [0.1, 0.15) is 23.5 Å². The lowest BCUT2D eigenvalue weighted by atomic mass is 9.95. The monoisotopic (exact) mass is 233 g/mol. The smallest absolute Gasteiger partial charge is 0.326 e. The van der Waals surface area contributed by atoms with Gasteiger partial charge >= 0.3 is 5.97 Å². The Labute approximate surface area is 99.9 Å². The maximum absolute atomic E-state index is 11.8. The van der Waals surface area contributed by atoms with Gasteiger partial charge in [0.1, 0.15) is 11.3 Å². The highest BCUT2D eigenvalue weighted by atomic mass is 16.5. The summed E-state index contributed by atoms with van der Waals surface area (Å²) in [6.45, 7) is 0.658. The summed E-state index contributed by atoms with van der Waals surface area (Å²) >= 11 is 0. The van der Waals surface area contributed by atoms with Gasteiger partial charge in [-0.25, -0.2) is 0 Å². The number of carbonyl (C=O) groups is 1. The Hall–Kier alpha value is -1.55. The molecule has 0 bridgehead atoms. The van der Waals surface area contributed by atoms with Crippen molar-refractivity contribution in [3.8, 4) is 5.75 Å². The van der Waals surface area contributed by atoms with E-state index < -0.39 is 5.54 Å². The third-order valence-electron chi connectivity index (χ3n) is 3.86. The van der Waals surface area contributed by atoms with Crippen molar-refractivity contribution in [2.24, 2.45) is 0 Å². The molecule has 1 aromatic carbocycles. The van der Waals surface area contributed by atoms with Gasteiger partial charge in [0.15, 0.2) is 0 Å². The van der Waals surface area contributed by atoms with Crippen LogP contribution in [0, 0.1) is 0 Å². The first kappa shape index (κ1) is 10.6. The quantitative estimate of drug-likeness (QED) is 0.780. The van der Waals surface area contributed by atoms with Gasteiger partial charge in [-0.3, -0.25) is 10.1 Å². The van der Waals surface area contributed by atoms with E-state index in [2.05, 4.69) is 11.4 Å². The van der Waals surface area contributed by atoms with Crippen molar-refractivity contribution in [3.05, 3.63) is 29.3 Å². The van der Waals surface area contributed by atoms with E-state index in [4.69, 9.17) is 9.47 Å². The van der Waals surface area contributed by atoms with E-state index in [1.807, 2.05) is 12.1 Å². The number of hydrogen-bond donors (Lipinski definition) is 1. The fraction of sp³-hybridized carbons (Fsp3) is 0.462. The molecule has 1 fully saturated rings. The normalized spacial score (nSPS) is 28.9.